The molecule has 30 heavy (non-hydrogen) atoms. The van der Waals surface area contributed by atoms with Crippen molar-refractivity contribution in [1.82, 2.24) is 0 Å². The number of rotatable bonds is 15. The Morgan fingerprint density at radius 2 is 1.27 bits per heavy atom. The van der Waals surface area contributed by atoms with Crippen molar-refractivity contribution in [1.29, 1.82) is 0 Å². The molecule has 0 rings (SSSR count). The molecule has 0 aromatic rings. The number of aliphatic hydroxyl groups excluding tert-OH is 2. The van der Waals surface area contributed by atoms with Crippen molar-refractivity contribution in [2.75, 3.05) is 20.8 Å². The van der Waals surface area contributed by atoms with Crippen molar-refractivity contribution in [2.45, 2.75) is 112 Å². The van der Waals surface area contributed by atoms with Crippen LogP contribution in [0.5, 0.6) is 0 Å². The fraction of sp³-hybridized carbons (Fsp3) is 0.960. The third kappa shape index (κ3) is 12.4. The first kappa shape index (κ1) is 31.7. The minimum Gasteiger partial charge on any atom is -0.390 e. The molecule has 0 radical (unpaired) electrons. The van der Waals surface area contributed by atoms with E-state index in [0.717, 1.165) is 19.4 Å². The van der Waals surface area contributed by atoms with Gasteiger partial charge in [-0.05, 0) is 43.4 Å². The molecule has 182 valence electrons. The molecule has 8 unspecified atom stereocenters. The van der Waals surface area contributed by atoms with Crippen LogP contribution in [0.25, 0.3) is 0 Å². The number of aliphatic imine (C=N–C) groups is 1. The van der Waals surface area contributed by atoms with E-state index in [1.54, 1.807) is 14.2 Å². The Kier molecular flexibility index (Phi) is 20.3. The second-order valence-corrected chi connectivity index (χ2v) is 8.70. The smallest absolute Gasteiger partial charge is 0.0861 e. The summed E-state index contributed by atoms with van der Waals surface area (Å²) >= 11 is 0. The summed E-state index contributed by atoms with van der Waals surface area (Å²) < 4.78 is 10.8. The minimum atomic E-state index is -0.387. The summed E-state index contributed by atoms with van der Waals surface area (Å²) in [6.07, 6.45) is 6.36. The summed E-state index contributed by atoms with van der Waals surface area (Å²) in [7, 11) is 3.36. The fourth-order valence-electron chi connectivity index (χ4n) is 3.73. The second kappa shape index (κ2) is 19.2. The van der Waals surface area contributed by atoms with Crippen LogP contribution in [0, 0.1) is 23.7 Å². The molecule has 0 aliphatic heterocycles. The average molecular weight is 432 g/mol. The SMILES string of the molecule is CCCCC(C)C(C)C(OC)C(O)CC.CCN=CC(C)C(C)C(OC)C(O)CC. The van der Waals surface area contributed by atoms with E-state index in [4.69, 9.17) is 9.47 Å². The molecule has 0 aromatic heterocycles. The monoisotopic (exact) mass is 431 g/mol. The molecular weight excluding hydrogens is 378 g/mol. The number of unbranched alkanes of at least 4 members (excludes halogenated alkanes) is 1. The molecule has 0 amide bonds. The van der Waals surface area contributed by atoms with Crippen molar-refractivity contribution in [3.05, 3.63) is 0 Å². The minimum absolute atomic E-state index is 0.0122. The summed E-state index contributed by atoms with van der Waals surface area (Å²) in [5, 5.41) is 19.6. The van der Waals surface area contributed by atoms with E-state index in [1.807, 2.05) is 27.0 Å². The standard InChI is InChI=1S/C13H28O2.C12H25NO2/c1-6-8-9-10(3)11(4)13(15-5)12(14)7-2;1-6-11(14)12(15-5)10(4)9(3)8-13-7-2/h10-14H,6-9H2,1-5H3;8-12,14H,6-7H2,1-5H3. The van der Waals surface area contributed by atoms with Crippen molar-refractivity contribution in [3.63, 3.8) is 0 Å². The summed E-state index contributed by atoms with van der Waals surface area (Å²) in [5.41, 5.74) is 0. The fourth-order valence-corrected chi connectivity index (χ4v) is 3.73. The first-order chi connectivity index (χ1) is 14.2. The van der Waals surface area contributed by atoms with Crippen LogP contribution in [0.15, 0.2) is 4.99 Å². The van der Waals surface area contributed by atoms with Crippen LogP contribution in [-0.4, -0.2) is 61.6 Å². The maximum Gasteiger partial charge on any atom is 0.0861 e. The molecule has 5 nitrogen and oxygen atoms in total. The van der Waals surface area contributed by atoms with Crippen molar-refractivity contribution in [2.24, 2.45) is 28.7 Å². The molecule has 0 aromatic carbocycles. The number of ether oxygens (including phenoxy) is 2. The van der Waals surface area contributed by atoms with Crippen molar-refractivity contribution < 1.29 is 19.7 Å². The molecule has 0 heterocycles. The number of methoxy groups -OCH3 is 2. The summed E-state index contributed by atoms with van der Waals surface area (Å²) in [5.74, 6) is 1.66. The third-order valence-electron chi connectivity index (χ3n) is 6.44. The molecular formula is C25H53NO4. The van der Waals surface area contributed by atoms with Gasteiger partial charge in [0.05, 0.1) is 24.4 Å². The van der Waals surface area contributed by atoms with Gasteiger partial charge in [0.15, 0.2) is 0 Å². The highest BCUT2D eigenvalue weighted by atomic mass is 16.5. The lowest BCUT2D eigenvalue weighted by atomic mass is 9.84. The highest BCUT2D eigenvalue weighted by Gasteiger charge is 2.28. The molecule has 0 fully saturated rings. The van der Waals surface area contributed by atoms with E-state index < -0.39 is 0 Å². The maximum atomic E-state index is 9.84. The van der Waals surface area contributed by atoms with Crippen molar-refractivity contribution >= 4 is 6.21 Å². The van der Waals surface area contributed by atoms with Gasteiger partial charge in [0.1, 0.15) is 0 Å². The Balaban J connectivity index is 0. The Bertz CT molecular complexity index is 405. The van der Waals surface area contributed by atoms with E-state index in [2.05, 4.69) is 39.6 Å². The molecule has 2 N–H and O–H groups in total. The zero-order valence-corrected chi connectivity index (χ0v) is 21.6. The predicted molar refractivity (Wildman–Crippen MR) is 129 cm³/mol. The maximum absolute atomic E-state index is 9.84. The Hall–Kier alpha value is -0.490. The first-order valence-electron chi connectivity index (χ1n) is 12.1. The van der Waals surface area contributed by atoms with Gasteiger partial charge in [-0.2, -0.15) is 0 Å². The molecule has 8 atom stereocenters. The summed E-state index contributed by atoms with van der Waals surface area (Å²) in [6.45, 7) is 17.7. The van der Waals surface area contributed by atoms with E-state index in [-0.39, 0.29) is 30.3 Å². The molecule has 5 heteroatoms. The van der Waals surface area contributed by atoms with Gasteiger partial charge in [-0.1, -0.05) is 67.7 Å². The number of nitrogens with zero attached hydrogens (tertiary/aromatic N) is 1. The second-order valence-electron chi connectivity index (χ2n) is 8.70. The lowest BCUT2D eigenvalue weighted by Crippen LogP contribution is -2.37. The number of hydrogen-bond donors (Lipinski definition) is 2. The highest BCUT2D eigenvalue weighted by molar-refractivity contribution is 5.60. The van der Waals surface area contributed by atoms with Crippen LogP contribution in [0.2, 0.25) is 0 Å². The summed E-state index contributed by atoms with van der Waals surface area (Å²) in [6, 6.07) is 0. The van der Waals surface area contributed by atoms with Gasteiger partial charge >= 0.3 is 0 Å². The average Bonchev–Trinajstić information content (AvgIpc) is 2.76. The molecule has 0 spiro atoms. The Labute approximate surface area is 187 Å². The Morgan fingerprint density at radius 1 is 0.800 bits per heavy atom. The quantitative estimate of drug-likeness (QED) is 0.342. The normalized spacial score (nSPS) is 19.9. The van der Waals surface area contributed by atoms with E-state index in [1.165, 1.54) is 19.3 Å². The topological polar surface area (TPSA) is 71.3 Å². The summed E-state index contributed by atoms with van der Waals surface area (Å²) in [4.78, 5) is 4.23. The van der Waals surface area contributed by atoms with E-state index >= 15 is 0 Å². The molecule has 0 saturated carbocycles. The van der Waals surface area contributed by atoms with Crippen LogP contribution >= 0.6 is 0 Å². The molecule has 0 aliphatic carbocycles. The van der Waals surface area contributed by atoms with Gasteiger partial charge in [-0.25, -0.2) is 0 Å². The van der Waals surface area contributed by atoms with Crippen LogP contribution in [0.3, 0.4) is 0 Å². The zero-order valence-electron chi connectivity index (χ0n) is 21.6. The molecule has 0 saturated heterocycles. The largest absolute Gasteiger partial charge is 0.390 e. The lowest BCUT2D eigenvalue weighted by molar-refractivity contribution is -0.0557. The molecule has 0 bridgehead atoms. The van der Waals surface area contributed by atoms with Gasteiger partial charge < -0.3 is 19.7 Å². The van der Waals surface area contributed by atoms with Crippen LogP contribution in [0.1, 0.15) is 87.5 Å². The highest BCUT2D eigenvalue weighted by Crippen LogP contribution is 2.25. The van der Waals surface area contributed by atoms with Gasteiger partial charge in [-0.15, -0.1) is 0 Å². The Morgan fingerprint density at radius 3 is 1.63 bits per heavy atom. The van der Waals surface area contributed by atoms with Crippen LogP contribution in [0.4, 0.5) is 0 Å². The number of aliphatic hydroxyl groups is 2. The zero-order chi connectivity index (χ0) is 23.7. The third-order valence-corrected chi connectivity index (χ3v) is 6.44. The van der Waals surface area contributed by atoms with Gasteiger partial charge in [0.2, 0.25) is 0 Å². The predicted octanol–water partition coefficient (Wildman–Crippen LogP) is 5.37. The van der Waals surface area contributed by atoms with Gasteiger partial charge in [0.25, 0.3) is 0 Å². The first-order valence-corrected chi connectivity index (χ1v) is 12.1. The number of hydrogen-bond acceptors (Lipinski definition) is 5. The van der Waals surface area contributed by atoms with E-state index in [9.17, 15) is 10.2 Å². The van der Waals surface area contributed by atoms with Gasteiger partial charge in [-0.3, -0.25) is 4.99 Å². The van der Waals surface area contributed by atoms with Crippen LogP contribution in [-0.2, 0) is 9.47 Å². The lowest BCUT2D eigenvalue weighted by Gasteiger charge is -2.31. The molecule has 0 aliphatic rings. The van der Waals surface area contributed by atoms with Gasteiger partial charge in [0, 0.05) is 27.0 Å². The van der Waals surface area contributed by atoms with Crippen molar-refractivity contribution in [3.8, 4) is 0 Å². The van der Waals surface area contributed by atoms with E-state index in [0.29, 0.717) is 17.8 Å². The van der Waals surface area contributed by atoms with Crippen LogP contribution < -0.4 is 0 Å².